The zero-order valence-electron chi connectivity index (χ0n) is 15.7. The summed E-state index contributed by atoms with van der Waals surface area (Å²) in [4.78, 5) is 15.8. The Labute approximate surface area is 159 Å². The number of nitrogens with zero attached hydrogens (tertiary/aromatic N) is 1. The van der Waals surface area contributed by atoms with Crippen LogP contribution in [0, 0.1) is 6.92 Å². The number of anilines is 1. The van der Waals surface area contributed by atoms with E-state index in [0.29, 0.717) is 6.54 Å². The standard InChI is InChI=1S/C22H24N2OS/c1-15-5-10-19-18(13-15)21(2,3)22(23-20(25)14-24(19)22)12-11-16-6-8-17(26-4)9-7-16/h5-13H,14H2,1-4H3,(H,23,25)/t22-/m1/s1. The topological polar surface area (TPSA) is 32.3 Å². The molecule has 4 heteroatoms. The highest BCUT2D eigenvalue weighted by Gasteiger charge is 2.59. The highest BCUT2D eigenvalue weighted by Crippen LogP contribution is 2.53. The van der Waals surface area contributed by atoms with Gasteiger partial charge in [0.25, 0.3) is 0 Å². The SMILES string of the molecule is CSc1ccc(C=C[C@@]23NC(=O)CN2c2ccc(C)cc2C3(C)C)cc1. The first-order valence-electron chi connectivity index (χ1n) is 8.90. The average molecular weight is 365 g/mol. The molecule has 2 aromatic rings. The van der Waals surface area contributed by atoms with Crippen molar-refractivity contribution < 1.29 is 4.79 Å². The van der Waals surface area contributed by atoms with Crippen LogP contribution >= 0.6 is 11.8 Å². The molecule has 0 saturated carbocycles. The van der Waals surface area contributed by atoms with Gasteiger partial charge in [-0.15, -0.1) is 11.8 Å². The summed E-state index contributed by atoms with van der Waals surface area (Å²) in [6.45, 7) is 6.96. The van der Waals surface area contributed by atoms with Crippen LogP contribution in [0.3, 0.4) is 0 Å². The van der Waals surface area contributed by atoms with Gasteiger partial charge in [0, 0.05) is 16.0 Å². The van der Waals surface area contributed by atoms with Crippen LogP contribution < -0.4 is 10.2 Å². The van der Waals surface area contributed by atoms with Gasteiger partial charge in [0.1, 0.15) is 5.66 Å². The number of fused-ring (bicyclic) bond motifs is 3. The molecule has 26 heavy (non-hydrogen) atoms. The Morgan fingerprint density at radius 3 is 2.58 bits per heavy atom. The highest BCUT2D eigenvalue weighted by molar-refractivity contribution is 7.98. The number of hydrogen-bond acceptors (Lipinski definition) is 3. The van der Waals surface area contributed by atoms with E-state index in [1.54, 1.807) is 11.8 Å². The highest BCUT2D eigenvalue weighted by atomic mass is 32.2. The van der Waals surface area contributed by atoms with Gasteiger partial charge in [0.05, 0.1) is 6.54 Å². The number of rotatable bonds is 3. The summed E-state index contributed by atoms with van der Waals surface area (Å²) in [6, 6.07) is 15.0. The first-order chi connectivity index (χ1) is 12.4. The molecule has 1 amide bonds. The molecule has 0 radical (unpaired) electrons. The van der Waals surface area contributed by atoms with Crippen molar-refractivity contribution in [1.29, 1.82) is 0 Å². The number of amides is 1. The summed E-state index contributed by atoms with van der Waals surface area (Å²) in [5.74, 6) is 0.0756. The predicted molar refractivity (Wildman–Crippen MR) is 110 cm³/mol. The van der Waals surface area contributed by atoms with Crippen LogP contribution in [0.4, 0.5) is 5.69 Å². The molecule has 0 unspecified atom stereocenters. The summed E-state index contributed by atoms with van der Waals surface area (Å²) in [6.07, 6.45) is 6.38. The van der Waals surface area contributed by atoms with E-state index in [1.807, 2.05) is 0 Å². The van der Waals surface area contributed by atoms with E-state index < -0.39 is 5.66 Å². The molecule has 0 aliphatic carbocycles. The summed E-state index contributed by atoms with van der Waals surface area (Å²) < 4.78 is 0. The number of aryl methyl sites for hydroxylation is 1. The van der Waals surface area contributed by atoms with Gasteiger partial charge in [0.15, 0.2) is 0 Å². The lowest BCUT2D eigenvalue weighted by Gasteiger charge is -2.40. The predicted octanol–water partition coefficient (Wildman–Crippen LogP) is 4.35. The molecule has 3 nitrogen and oxygen atoms in total. The summed E-state index contributed by atoms with van der Waals surface area (Å²) >= 11 is 1.74. The van der Waals surface area contributed by atoms with Gasteiger partial charge in [-0.3, -0.25) is 4.79 Å². The maximum Gasteiger partial charge on any atom is 0.241 e. The van der Waals surface area contributed by atoms with E-state index in [1.165, 1.54) is 16.0 Å². The number of thioether (sulfide) groups is 1. The number of nitrogens with one attached hydrogen (secondary N) is 1. The molecule has 2 aliphatic rings. The zero-order chi connectivity index (χ0) is 18.5. The summed E-state index contributed by atoms with van der Waals surface area (Å²) in [7, 11) is 0. The molecule has 2 aliphatic heterocycles. The van der Waals surface area contributed by atoms with Crippen LogP contribution in [0.1, 0.15) is 30.5 Å². The van der Waals surface area contributed by atoms with Crippen LogP contribution in [0.25, 0.3) is 6.08 Å². The second-order valence-electron chi connectivity index (χ2n) is 7.65. The van der Waals surface area contributed by atoms with Gasteiger partial charge in [-0.2, -0.15) is 0 Å². The first-order valence-corrected chi connectivity index (χ1v) is 10.1. The van der Waals surface area contributed by atoms with E-state index in [0.717, 1.165) is 11.3 Å². The molecular formula is C22H24N2OS. The van der Waals surface area contributed by atoms with Crippen molar-refractivity contribution in [3.63, 3.8) is 0 Å². The Morgan fingerprint density at radius 2 is 1.88 bits per heavy atom. The fraction of sp³-hybridized carbons (Fsp3) is 0.318. The van der Waals surface area contributed by atoms with Crippen LogP contribution in [0.2, 0.25) is 0 Å². The third-order valence-corrected chi connectivity index (χ3v) is 6.50. The molecule has 134 valence electrons. The van der Waals surface area contributed by atoms with E-state index in [-0.39, 0.29) is 11.3 Å². The van der Waals surface area contributed by atoms with Crippen molar-refractivity contribution in [3.8, 4) is 0 Å². The normalized spacial score (nSPS) is 23.2. The van der Waals surface area contributed by atoms with Gasteiger partial charge < -0.3 is 10.2 Å². The molecule has 1 saturated heterocycles. The Bertz CT molecular complexity index is 901. The van der Waals surface area contributed by atoms with Gasteiger partial charge in [0.2, 0.25) is 5.91 Å². The zero-order valence-corrected chi connectivity index (χ0v) is 16.5. The first kappa shape index (κ1) is 17.2. The smallest absolute Gasteiger partial charge is 0.241 e. The van der Waals surface area contributed by atoms with E-state index in [4.69, 9.17) is 0 Å². The van der Waals surface area contributed by atoms with E-state index in [2.05, 4.69) is 91.9 Å². The summed E-state index contributed by atoms with van der Waals surface area (Å²) in [5.41, 5.74) is 4.08. The minimum atomic E-state index is -0.529. The van der Waals surface area contributed by atoms with E-state index >= 15 is 0 Å². The molecule has 2 heterocycles. The van der Waals surface area contributed by atoms with Crippen molar-refractivity contribution in [2.45, 2.75) is 36.7 Å². The van der Waals surface area contributed by atoms with Gasteiger partial charge >= 0.3 is 0 Å². The van der Waals surface area contributed by atoms with Crippen molar-refractivity contribution in [2.75, 3.05) is 17.7 Å². The monoisotopic (exact) mass is 364 g/mol. The molecule has 1 N–H and O–H groups in total. The minimum absolute atomic E-state index is 0.0756. The maximum atomic E-state index is 12.3. The van der Waals surface area contributed by atoms with Gasteiger partial charge in [-0.1, -0.05) is 49.8 Å². The van der Waals surface area contributed by atoms with Crippen molar-refractivity contribution in [2.24, 2.45) is 0 Å². The molecular weight excluding hydrogens is 340 g/mol. The number of benzene rings is 2. The molecule has 2 aromatic carbocycles. The lowest BCUT2D eigenvalue weighted by molar-refractivity contribution is -0.118. The lowest BCUT2D eigenvalue weighted by atomic mass is 9.75. The second kappa shape index (κ2) is 5.92. The van der Waals surface area contributed by atoms with Crippen molar-refractivity contribution >= 4 is 29.4 Å². The van der Waals surface area contributed by atoms with Gasteiger partial charge in [-0.05, 0) is 48.6 Å². The van der Waals surface area contributed by atoms with Crippen molar-refractivity contribution in [3.05, 3.63) is 65.2 Å². The Morgan fingerprint density at radius 1 is 1.15 bits per heavy atom. The quantitative estimate of drug-likeness (QED) is 0.822. The fourth-order valence-corrected chi connectivity index (χ4v) is 4.63. The Kier molecular flexibility index (Phi) is 3.92. The van der Waals surface area contributed by atoms with Crippen LogP contribution in [0.5, 0.6) is 0 Å². The largest absolute Gasteiger partial charge is 0.335 e. The molecule has 4 rings (SSSR count). The second-order valence-corrected chi connectivity index (χ2v) is 8.53. The molecule has 1 atom stereocenters. The summed E-state index contributed by atoms with van der Waals surface area (Å²) in [5, 5.41) is 3.27. The van der Waals surface area contributed by atoms with Crippen LogP contribution in [0.15, 0.2) is 53.4 Å². The Balaban J connectivity index is 1.79. The molecule has 0 spiro atoms. The number of hydrogen-bond donors (Lipinski definition) is 1. The third-order valence-electron chi connectivity index (χ3n) is 5.76. The number of carbonyl (C=O) groups excluding carboxylic acids is 1. The Hall–Kier alpha value is -2.20. The van der Waals surface area contributed by atoms with Gasteiger partial charge in [-0.25, -0.2) is 0 Å². The maximum absolute atomic E-state index is 12.3. The molecule has 1 fully saturated rings. The minimum Gasteiger partial charge on any atom is -0.335 e. The molecule has 0 bridgehead atoms. The average Bonchev–Trinajstić information content (AvgIpc) is 3.05. The number of carbonyl (C=O) groups is 1. The van der Waals surface area contributed by atoms with Crippen molar-refractivity contribution in [1.82, 2.24) is 5.32 Å². The lowest BCUT2D eigenvalue weighted by Crippen LogP contribution is -2.58. The third kappa shape index (κ3) is 2.39. The molecule has 0 aromatic heterocycles. The fourth-order valence-electron chi connectivity index (χ4n) is 4.22. The van der Waals surface area contributed by atoms with E-state index in [9.17, 15) is 4.79 Å². The van der Waals surface area contributed by atoms with Crippen LogP contribution in [-0.2, 0) is 10.2 Å². The van der Waals surface area contributed by atoms with Crippen LogP contribution in [-0.4, -0.2) is 24.4 Å².